The molecule has 6 heteroatoms. The van der Waals surface area contributed by atoms with Crippen LogP contribution >= 0.6 is 24.0 Å². The SMILES string of the molecule is CCNCC1CCN(C(=O)COc2ccccc2Cl)CC1.Cl. The number of piperidine rings is 1. The van der Waals surface area contributed by atoms with Crippen molar-refractivity contribution in [2.75, 3.05) is 32.8 Å². The zero-order valence-electron chi connectivity index (χ0n) is 12.9. The van der Waals surface area contributed by atoms with Crippen molar-refractivity contribution in [3.05, 3.63) is 29.3 Å². The van der Waals surface area contributed by atoms with Crippen molar-refractivity contribution in [3.63, 3.8) is 0 Å². The van der Waals surface area contributed by atoms with E-state index >= 15 is 0 Å². The quantitative estimate of drug-likeness (QED) is 0.860. The Hall–Kier alpha value is -0.970. The van der Waals surface area contributed by atoms with Crippen LogP contribution in [0.4, 0.5) is 0 Å². The third kappa shape index (κ3) is 5.67. The van der Waals surface area contributed by atoms with Crippen LogP contribution in [0.2, 0.25) is 5.02 Å². The molecule has 1 fully saturated rings. The summed E-state index contributed by atoms with van der Waals surface area (Å²) in [6, 6.07) is 7.22. The van der Waals surface area contributed by atoms with Gasteiger partial charge >= 0.3 is 0 Å². The van der Waals surface area contributed by atoms with Gasteiger partial charge in [0.25, 0.3) is 5.91 Å². The first-order valence-corrected chi connectivity index (χ1v) is 7.94. The average molecular weight is 347 g/mol. The number of nitrogens with one attached hydrogen (secondary N) is 1. The van der Waals surface area contributed by atoms with E-state index in [9.17, 15) is 4.79 Å². The fourth-order valence-corrected chi connectivity index (χ4v) is 2.72. The van der Waals surface area contributed by atoms with Crippen LogP contribution in [0.25, 0.3) is 0 Å². The van der Waals surface area contributed by atoms with Crippen molar-refractivity contribution >= 4 is 29.9 Å². The van der Waals surface area contributed by atoms with Gasteiger partial charge in [-0.2, -0.15) is 0 Å². The van der Waals surface area contributed by atoms with E-state index in [-0.39, 0.29) is 24.9 Å². The van der Waals surface area contributed by atoms with Crippen LogP contribution in [0.1, 0.15) is 19.8 Å². The normalized spacial score (nSPS) is 15.3. The summed E-state index contributed by atoms with van der Waals surface area (Å²) >= 11 is 6.00. The van der Waals surface area contributed by atoms with Crippen LogP contribution in [-0.4, -0.2) is 43.6 Å². The van der Waals surface area contributed by atoms with Gasteiger partial charge < -0.3 is 15.0 Å². The Balaban J connectivity index is 0.00000242. The van der Waals surface area contributed by atoms with E-state index in [1.807, 2.05) is 17.0 Å². The number of hydrogen-bond acceptors (Lipinski definition) is 3. The van der Waals surface area contributed by atoms with Gasteiger partial charge in [-0.15, -0.1) is 12.4 Å². The number of likely N-dealkylation sites (tertiary alicyclic amines) is 1. The number of ether oxygens (including phenoxy) is 1. The van der Waals surface area contributed by atoms with Crippen LogP contribution in [-0.2, 0) is 4.79 Å². The molecule has 0 atom stereocenters. The van der Waals surface area contributed by atoms with Gasteiger partial charge in [0.05, 0.1) is 5.02 Å². The molecule has 4 nitrogen and oxygen atoms in total. The highest BCUT2D eigenvalue weighted by atomic mass is 35.5. The van der Waals surface area contributed by atoms with E-state index in [4.69, 9.17) is 16.3 Å². The van der Waals surface area contributed by atoms with E-state index in [2.05, 4.69) is 12.2 Å². The largest absolute Gasteiger partial charge is 0.482 e. The predicted octanol–water partition coefficient (Wildman–Crippen LogP) is 2.99. The molecular weight excluding hydrogens is 323 g/mol. The highest BCUT2D eigenvalue weighted by molar-refractivity contribution is 6.32. The number of rotatable bonds is 6. The van der Waals surface area contributed by atoms with Gasteiger partial charge in [-0.25, -0.2) is 0 Å². The highest BCUT2D eigenvalue weighted by Gasteiger charge is 2.22. The first-order valence-electron chi connectivity index (χ1n) is 7.56. The third-order valence-corrected chi connectivity index (χ3v) is 4.15. The molecule has 1 N–H and O–H groups in total. The summed E-state index contributed by atoms with van der Waals surface area (Å²) < 4.78 is 5.51. The number of nitrogens with zero attached hydrogens (tertiary/aromatic N) is 1. The molecule has 0 aromatic heterocycles. The molecule has 1 aliphatic rings. The molecule has 1 aliphatic heterocycles. The van der Waals surface area contributed by atoms with Crippen LogP contribution in [0.5, 0.6) is 5.75 Å². The van der Waals surface area contributed by atoms with Gasteiger partial charge in [0.1, 0.15) is 5.75 Å². The number of carbonyl (C=O) groups excluding carboxylic acids is 1. The number of halogens is 2. The Morgan fingerprint density at radius 1 is 1.36 bits per heavy atom. The highest BCUT2D eigenvalue weighted by Crippen LogP contribution is 2.23. The van der Waals surface area contributed by atoms with Crippen molar-refractivity contribution in [2.24, 2.45) is 5.92 Å². The minimum Gasteiger partial charge on any atom is -0.482 e. The lowest BCUT2D eigenvalue weighted by Gasteiger charge is -2.32. The first-order chi connectivity index (χ1) is 10.2. The summed E-state index contributed by atoms with van der Waals surface area (Å²) in [4.78, 5) is 14.0. The van der Waals surface area contributed by atoms with Gasteiger partial charge in [0, 0.05) is 13.1 Å². The maximum Gasteiger partial charge on any atom is 0.260 e. The number of benzene rings is 1. The third-order valence-electron chi connectivity index (χ3n) is 3.84. The summed E-state index contributed by atoms with van der Waals surface area (Å²) in [5.74, 6) is 1.28. The predicted molar refractivity (Wildman–Crippen MR) is 92.0 cm³/mol. The Kier molecular flexibility index (Phi) is 8.61. The van der Waals surface area contributed by atoms with Gasteiger partial charge in [-0.3, -0.25) is 4.79 Å². The summed E-state index contributed by atoms with van der Waals surface area (Å²) in [6.07, 6.45) is 2.12. The molecule has 0 saturated carbocycles. The Morgan fingerprint density at radius 2 is 2.05 bits per heavy atom. The Morgan fingerprint density at radius 3 is 2.68 bits per heavy atom. The molecule has 1 amide bonds. The minimum atomic E-state index is 0. The molecule has 0 bridgehead atoms. The number of carbonyl (C=O) groups is 1. The second kappa shape index (κ2) is 9.93. The van der Waals surface area contributed by atoms with Crippen molar-refractivity contribution < 1.29 is 9.53 Å². The molecule has 1 aromatic carbocycles. The molecule has 1 aromatic rings. The molecule has 1 saturated heterocycles. The van der Waals surface area contributed by atoms with Crippen molar-refractivity contribution in [3.8, 4) is 5.75 Å². The summed E-state index contributed by atoms with van der Waals surface area (Å²) in [5, 5.41) is 3.91. The van der Waals surface area contributed by atoms with E-state index in [0.29, 0.717) is 16.7 Å². The second-order valence-electron chi connectivity index (χ2n) is 5.35. The number of hydrogen-bond donors (Lipinski definition) is 1. The molecule has 0 unspecified atom stereocenters. The fraction of sp³-hybridized carbons (Fsp3) is 0.562. The Bertz CT molecular complexity index is 463. The Labute approximate surface area is 143 Å². The minimum absolute atomic E-state index is 0. The molecule has 0 spiro atoms. The standard InChI is InChI=1S/C16H23ClN2O2.ClH/c1-2-18-11-13-7-9-19(10-8-13)16(20)12-21-15-6-4-3-5-14(15)17;/h3-6,13,18H,2,7-12H2,1H3;1H. The van der Waals surface area contributed by atoms with E-state index < -0.39 is 0 Å². The lowest BCUT2D eigenvalue weighted by atomic mass is 9.97. The lowest BCUT2D eigenvalue weighted by molar-refractivity contribution is -0.134. The van der Waals surface area contributed by atoms with Crippen LogP contribution in [0, 0.1) is 5.92 Å². The lowest BCUT2D eigenvalue weighted by Crippen LogP contribution is -2.42. The van der Waals surface area contributed by atoms with Crippen molar-refractivity contribution in [2.45, 2.75) is 19.8 Å². The molecule has 1 heterocycles. The van der Waals surface area contributed by atoms with E-state index in [0.717, 1.165) is 39.0 Å². The van der Waals surface area contributed by atoms with Gasteiger partial charge in [0.15, 0.2) is 6.61 Å². The maximum atomic E-state index is 12.1. The topological polar surface area (TPSA) is 41.6 Å². The number of para-hydroxylation sites is 1. The molecule has 0 radical (unpaired) electrons. The molecule has 0 aliphatic carbocycles. The first kappa shape index (κ1) is 19.1. The summed E-state index contributed by atoms with van der Waals surface area (Å²) in [7, 11) is 0. The fourth-order valence-electron chi connectivity index (χ4n) is 2.53. The molecular formula is C16H24Cl2N2O2. The second-order valence-corrected chi connectivity index (χ2v) is 5.76. The van der Waals surface area contributed by atoms with E-state index in [1.165, 1.54) is 0 Å². The summed E-state index contributed by atoms with van der Waals surface area (Å²) in [6.45, 7) is 5.87. The van der Waals surface area contributed by atoms with Crippen LogP contribution in [0.15, 0.2) is 24.3 Å². The monoisotopic (exact) mass is 346 g/mol. The molecule has 22 heavy (non-hydrogen) atoms. The number of amides is 1. The van der Waals surface area contributed by atoms with Crippen LogP contribution in [0.3, 0.4) is 0 Å². The molecule has 124 valence electrons. The maximum absolute atomic E-state index is 12.1. The van der Waals surface area contributed by atoms with E-state index in [1.54, 1.807) is 12.1 Å². The zero-order valence-corrected chi connectivity index (χ0v) is 14.5. The smallest absolute Gasteiger partial charge is 0.260 e. The van der Waals surface area contributed by atoms with Gasteiger partial charge in [0.2, 0.25) is 0 Å². The van der Waals surface area contributed by atoms with Gasteiger partial charge in [-0.1, -0.05) is 30.7 Å². The molecule has 2 rings (SSSR count). The van der Waals surface area contributed by atoms with Crippen molar-refractivity contribution in [1.29, 1.82) is 0 Å². The van der Waals surface area contributed by atoms with Gasteiger partial charge in [-0.05, 0) is 44.0 Å². The average Bonchev–Trinajstić information content (AvgIpc) is 2.52. The summed E-state index contributed by atoms with van der Waals surface area (Å²) in [5.41, 5.74) is 0. The van der Waals surface area contributed by atoms with Crippen LogP contribution < -0.4 is 10.1 Å². The van der Waals surface area contributed by atoms with Crippen molar-refractivity contribution in [1.82, 2.24) is 10.2 Å². The zero-order chi connectivity index (χ0) is 15.1.